The summed E-state index contributed by atoms with van der Waals surface area (Å²) in [6, 6.07) is 4.95. The Balaban J connectivity index is 1.52. The van der Waals surface area contributed by atoms with Crippen LogP contribution in [0.15, 0.2) is 24.5 Å². The van der Waals surface area contributed by atoms with Crippen LogP contribution in [0, 0.1) is 0 Å². The Morgan fingerprint density at radius 1 is 1.29 bits per heavy atom. The van der Waals surface area contributed by atoms with E-state index >= 15 is 0 Å². The molecule has 0 radical (unpaired) electrons. The number of fused-ring (bicyclic) bond motifs is 3. The monoisotopic (exact) mass is 341 g/mol. The Hall–Kier alpha value is -1.85. The molecule has 0 saturated carbocycles. The molecule has 1 spiro atoms. The molecule has 3 aromatic rings. The molecule has 5 heterocycles. The van der Waals surface area contributed by atoms with Crippen LogP contribution in [0.2, 0.25) is 5.02 Å². The van der Waals surface area contributed by atoms with E-state index in [0.29, 0.717) is 16.5 Å². The van der Waals surface area contributed by atoms with Crippen LogP contribution in [0.25, 0.3) is 22.3 Å². The summed E-state index contributed by atoms with van der Waals surface area (Å²) in [5, 5.41) is 6.49. The van der Waals surface area contributed by atoms with E-state index in [1.54, 1.807) is 6.20 Å². The molecule has 5 nitrogen and oxygen atoms in total. The van der Waals surface area contributed by atoms with Crippen molar-refractivity contribution in [1.29, 1.82) is 0 Å². The number of pyridine rings is 1. The summed E-state index contributed by atoms with van der Waals surface area (Å²) in [5.41, 5.74) is 4.53. The Labute approximate surface area is 145 Å². The van der Waals surface area contributed by atoms with Crippen molar-refractivity contribution < 1.29 is 0 Å². The van der Waals surface area contributed by atoms with Gasteiger partial charge in [-0.25, -0.2) is 4.98 Å². The van der Waals surface area contributed by atoms with Crippen molar-refractivity contribution in [3.63, 3.8) is 0 Å². The average Bonchev–Trinajstić information content (AvgIpc) is 3.18. The molecule has 3 aromatic heterocycles. The van der Waals surface area contributed by atoms with E-state index in [1.807, 2.05) is 6.20 Å². The van der Waals surface area contributed by atoms with E-state index in [2.05, 4.69) is 45.5 Å². The minimum atomic E-state index is 0.304. The predicted octanol–water partition coefficient (Wildman–Crippen LogP) is 3.45. The van der Waals surface area contributed by atoms with Crippen LogP contribution in [-0.2, 0) is 12.0 Å². The predicted molar refractivity (Wildman–Crippen MR) is 95.3 cm³/mol. The first-order valence-corrected chi connectivity index (χ1v) is 8.89. The SMILES string of the molecule is CC(C)N1CC2(CCn3nc(-c4cnc5[nH]cc(Cl)c5c4)cc32)C1. The van der Waals surface area contributed by atoms with Gasteiger partial charge in [-0.1, -0.05) is 11.6 Å². The molecule has 1 saturated heterocycles. The maximum absolute atomic E-state index is 6.23. The molecule has 2 aliphatic rings. The highest BCUT2D eigenvalue weighted by molar-refractivity contribution is 6.35. The van der Waals surface area contributed by atoms with E-state index in [1.165, 1.54) is 12.1 Å². The number of aromatic nitrogens is 4. The van der Waals surface area contributed by atoms with E-state index in [-0.39, 0.29) is 0 Å². The Bertz CT molecular complexity index is 932. The van der Waals surface area contributed by atoms with Gasteiger partial charge >= 0.3 is 0 Å². The fourth-order valence-electron chi connectivity index (χ4n) is 4.13. The molecule has 0 aromatic carbocycles. The number of rotatable bonds is 2. The second-order valence-corrected chi connectivity index (χ2v) is 7.83. The summed E-state index contributed by atoms with van der Waals surface area (Å²) in [7, 11) is 0. The maximum Gasteiger partial charge on any atom is 0.138 e. The lowest BCUT2D eigenvalue weighted by atomic mass is 9.75. The van der Waals surface area contributed by atoms with Crippen LogP contribution in [0.5, 0.6) is 0 Å². The van der Waals surface area contributed by atoms with Gasteiger partial charge in [0.25, 0.3) is 0 Å². The van der Waals surface area contributed by atoms with Crippen LogP contribution in [0.1, 0.15) is 26.0 Å². The normalized spacial score (nSPS) is 19.3. The number of aryl methyl sites for hydroxylation is 1. The third-order valence-electron chi connectivity index (χ3n) is 5.64. The molecule has 5 rings (SSSR count). The third kappa shape index (κ3) is 1.91. The summed E-state index contributed by atoms with van der Waals surface area (Å²) in [5.74, 6) is 0. The molecule has 0 unspecified atom stereocenters. The zero-order valence-electron chi connectivity index (χ0n) is 13.9. The molecule has 0 aliphatic carbocycles. The number of likely N-dealkylation sites (tertiary alicyclic amines) is 1. The topological polar surface area (TPSA) is 49.7 Å². The van der Waals surface area contributed by atoms with Gasteiger partial charge in [0.1, 0.15) is 5.65 Å². The zero-order chi connectivity index (χ0) is 16.5. The number of H-pyrrole nitrogens is 1. The van der Waals surface area contributed by atoms with Crippen LogP contribution in [0.4, 0.5) is 0 Å². The lowest BCUT2D eigenvalue weighted by molar-refractivity contribution is 0.0372. The highest BCUT2D eigenvalue weighted by atomic mass is 35.5. The van der Waals surface area contributed by atoms with Crippen molar-refractivity contribution in [2.45, 2.75) is 38.3 Å². The quantitative estimate of drug-likeness (QED) is 0.776. The summed E-state index contributed by atoms with van der Waals surface area (Å²) < 4.78 is 2.19. The summed E-state index contributed by atoms with van der Waals surface area (Å²) >= 11 is 6.23. The first-order chi connectivity index (χ1) is 11.6. The number of hydrogen-bond donors (Lipinski definition) is 1. The van der Waals surface area contributed by atoms with E-state index in [9.17, 15) is 0 Å². The fraction of sp³-hybridized carbons (Fsp3) is 0.444. The third-order valence-corrected chi connectivity index (χ3v) is 5.96. The Morgan fingerprint density at radius 3 is 2.92 bits per heavy atom. The molecular formula is C18H20ClN5. The molecule has 0 atom stereocenters. The zero-order valence-corrected chi connectivity index (χ0v) is 14.6. The highest BCUT2D eigenvalue weighted by Gasteiger charge is 2.50. The summed E-state index contributed by atoms with van der Waals surface area (Å²) in [4.78, 5) is 10.1. The van der Waals surface area contributed by atoms with Crippen molar-refractivity contribution in [2.24, 2.45) is 0 Å². The van der Waals surface area contributed by atoms with Crippen LogP contribution in [0.3, 0.4) is 0 Å². The lowest BCUT2D eigenvalue weighted by Crippen LogP contribution is -2.60. The minimum Gasteiger partial charge on any atom is -0.345 e. The molecule has 2 aliphatic heterocycles. The van der Waals surface area contributed by atoms with Gasteiger partial charge in [0.15, 0.2) is 0 Å². The van der Waals surface area contributed by atoms with E-state index in [0.717, 1.165) is 41.9 Å². The van der Waals surface area contributed by atoms with Gasteiger partial charge in [0.05, 0.1) is 10.7 Å². The van der Waals surface area contributed by atoms with Crippen LogP contribution < -0.4 is 0 Å². The van der Waals surface area contributed by atoms with Crippen LogP contribution >= 0.6 is 11.6 Å². The first kappa shape index (κ1) is 14.5. The van der Waals surface area contributed by atoms with Gasteiger partial charge in [-0.05, 0) is 32.4 Å². The molecule has 0 bridgehead atoms. The molecule has 1 fully saturated rings. The van der Waals surface area contributed by atoms with Crippen molar-refractivity contribution in [1.82, 2.24) is 24.6 Å². The molecule has 6 heteroatoms. The Kier molecular flexibility index (Phi) is 2.92. The minimum absolute atomic E-state index is 0.304. The van der Waals surface area contributed by atoms with Gasteiger partial charge in [-0.3, -0.25) is 9.58 Å². The largest absolute Gasteiger partial charge is 0.345 e. The standard InChI is InChI=1S/C18H20ClN5/c1-11(2)23-9-18(10-23)3-4-24-16(18)6-15(22-24)12-5-13-14(19)8-21-17(13)20-7-12/h5-8,11H,3-4,9-10H2,1-2H3,(H,20,21). The molecule has 1 N–H and O–H groups in total. The molecular weight excluding hydrogens is 322 g/mol. The second kappa shape index (κ2) is 4.83. The molecule has 24 heavy (non-hydrogen) atoms. The van der Waals surface area contributed by atoms with Gasteiger partial charge in [0.2, 0.25) is 0 Å². The maximum atomic E-state index is 6.23. The van der Waals surface area contributed by atoms with Crippen molar-refractivity contribution in [2.75, 3.05) is 13.1 Å². The summed E-state index contributed by atoms with van der Waals surface area (Å²) in [6.45, 7) is 7.85. The number of halogens is 1. The second-order valence-electron chi connectivity index (χ2n) is 7.42. The van der Waals surface area contributed by atoms with Gasteiger partial charge in [0, 0.05) is 60.1 Å². The molecule has 124 valence electrons. The van der Waals surface area contributed by atoms with E-state index < -0.39 is 0 Å². The van der Waals surface area contributed by atoms with E-state index in [4.69, 9.17) is 16.7 Å². The van der Waals surface area contributed by atoms with Crippen molar-refractivity contribution in [3.8, 4) is 11.3 Å². The molecule has 0 amide bonds. The number of aromatic amines is 1. The van der Waals surface area contributed by atoms with Crippen molar-refractivity contribution in [3.05, 3.63) is 35.2 Å². The first-order valence-electron chi connectivity index (χ1n) is 8.51. The Morgan fingerprint density at radius 2 is 2.12 bits per heavy atom. The number of hydrogen-bond acceptors (Lipinski definition) is 3. The van der Waals surface area contributed by atoms with Gasteiger partial charge in [-0.15, -0.1) is 0 Å². The number of nitrogens with one attached hydrogen (secondary N) is 1. The summed E-state index contributed by atoms with van der Waals surface area (Å²) in [6.07, 6.45) is 4.86. The van der Waals surface area contributed by atoms with Gasteiger partial charge in [-0.2, -0.15) is 5.10 Å². The average molecular weight is 342 g/mol. The van der Waals surface area contributed by atoms with Crippen LogP contribution in [-0.4, -0.2) is 43.8 Å². The van der Waals surface area contributed by atoms with Crippen molar-refractivity contribution >= 4 is 22.6 Å². The smallest absolute Gasteiger partial charge is 0.138 e. The number of nitrogens with zero attached hydrogens (tertiary/aromatic N) is 4. The highest BCUT2D eigenvalue weighted by Crippen LogP contribution is 2.44. The van der Waals surface area contributed by atoms with Gasteiger partial charge < -0.3 is 4.98 Å². The lowest BCUT2D eigenvalue weighted by Gasteiger charge is -2.50. The fourth-order valence-corrected chi connectivity index (χ4v) is 4.33.